The summed E-state index contributed by atoms with van der Waals surface area (Å²) in [7, 11) is 0. The standard InChI is InChI=1S/C16H13NO2S/c1-2-19-13-9-5-3-7-11(13)15(18)16-17-12-8-4-6-10-14(12)20-16/h3-10H,2H2,1H3. The second-order valence-corrected chi connectivity index (χ2v) is 5.28. The number of ketones is 1. The molecule has 0 fully saturated rings. The van der Waals surface area contributed by atoms with Crippen molar-refractivity contribution in [3.63, 3.8) is 0 Å². The Kier molecular flexibility index (Phi) is 3.48. The summed E-state index contributed by atoms with van der Waals surface area (Å²) in [5.74, 6) is 0.523. The summed E-state index contributed by atoms with van der Waals surface area (Å²) in [5, 5.41) is 0.498. The van der Waals surface area contributed by atoms with Gasteiger partial charge in [0, 0.05) is 0 Å². The number of aromatic nitrogens is 1. The van der Waals surface area contributed by atoms with Gasteiger partial charge in [-0.3, -0.25) is 4.79 Å². The van der Waals surface area contributed by atoms with E-state index in [1.54, 1.807) is 6.07 Å². The molecule has 4 heteroatoms. The Bertz CT molecular complexity index is 731. The number of carbonyl (C=O) groups excluding carboxylic acids is 1. The predicted octanol–water partition coefficient (Wildman–Crippen LogP) is 3.93. The third-order valence-electron chi connectivity index (χ3n) is 2.92. The number of hydrogen-bond acceptors (Lipinski definition) is 4. The van der Waals surface area contributed by atoms with Crippen LogP contribution in [0.2, 0.25) is 0 Å². The Labute approximate surface area is 120 Å². The van der Waals surface area contributed by atoms with Gasteiger partial charge < -0.3 is 4.74 Å². The van der Waals surface area contributed by atoms with Gasteiger partial charge in [-0.1, -0.05) is 24.3 Å². The number of fused-ring (bicyclic) bond motifs is 1. The van der Waals surface area contributed by atoms with Crippen LogP contribution in [0, 0.1) is 0 Å². The molecule has 1 aromatic heterocycles. The van der Waals surface area contributed by atoms with Crippen LogP contribution in [0.3, 0.4) is 0 Å². The number of carbonyl (C=O) groups is 1. The third kappa shape index (κ3) is 2.30. The normalized spacial score (nSPS) is 10.7. The smallest absolute Gasteiger partial charge is 0.225 e. The molecule has 0 bridgehead atoms. The molecule has 0 aliphatic rings. The highest BCUT2D eigenvalue weighted by atomic mass is 32.1. The van der Waals surface area contributed by atoms with Gasteiger partial charge in [0.05, 0.1) is 22.4 Å². The maximum atomic E-state index is 12.6. The zero-order valence-electron chi connectivity index (χ0n) is 11.0. The fraction of sp³-hybridized carbons (Fsp3) is 0.125. The van der Waals surface area contributed by atoms with Crippen molar-refractivity contribution < 1.29 is 9.53 Å². The van der Waals surface area contributed by atoms with Gasteiger partial charge in [0.25, 0.3) is 0 Å². The van der Waals surface area contributed by atoms with E-state index in [-0.39, 0.29) is 5.78 Å². The van der Waals surface area contributed by atoms with E-state index in [1.807, 2.05) is 49.4 Å². The summed E-state index contributed by atoms with van der Waals surface area (Å²) in [6.07, 6.45) is 0. The van der Waals surface area contributed by atoms with Crippen molar-refractivity contribution in [1.82, 2.24) is 4.98 Å². The van der Waals surface area contributed by atoms with Crippen molar-refractivity contribution >= 4 is 27.3 Å². The van der Waals surface area contributed by atoms with Crippen LogP contribution in [-0.4, -0.2) is 17.4 Å². The number of hydrogen-bond donors (Lipinski definition) is 0. The predicted molar refractivity (Wildman–Crippen MR) is 80.7 cm³/mol. The van der Waals surface area contributed by atoms with Crippen molar-refractivity contribution in [1.29, 1.82) is 0 Å². The van der Waals surface area contributed by atoms with Crippen LogP contribution in [0.4, 0.5) is 0 Å². The number of ether oxygens (including phenoxy) is 1. The van der Waals surface area contributed by atoms with E-state index >= 15 is 0 Å². The highest BCUT2D eigenvalue weighted by Gasteiger charge is 2.18. The van der Waals surface area contributed by atoms with E-state index in [4.69, 9.17) is 4.74 Å². The first-order valence-electron chi connectivity index (χ1n) is 6.41. The summed E-state index contributed by atoms with van der Waals surface area (Å²) in [6, 6.07) is 15.0. The van der Waals surface area contributed by atoms with Crippen molar-refractivity contribution in [2.24, 2.45) is 0 Å². The Hall–Kier alpha value is -2.20. The second kappa shape index (κ2) is 5.43. The molecule has 1 heterocycles. The Morgan fingerprint density at radius 3 is 2.70 bits per heavy atom. The Balaban J connectivity index is 2.04. The number of benzene rings is 2. The quantitative estimate of drug-likeness (QED) is 0.681. The van der Waals surface area contributed by atoms with Crippen LogP contribution < -0.4 is 4.74 Å². The highest BCUT2D eigenvalue weighted by molar-refractivity contribution is 7.20. The van der Waals surface area contributed by atoms with E-state index in [0.29, 0.717) is 22.9 Å². The molecule has 100 valence electrons. The zero-order valence-corrected chi connectivity index (χ0v) is 11.8. The van der Waals surface area contributed by atoms with Crippen LogP contribution in [-0.2, 0) is 0 Å². The first-order valence-corrected chi connectivity index (χ1v) is 7.23. The monoisotopic (exact) mass is 283 g/mol. The molecule has 3 aromatic rings. The fourth-order valence-electron chi connectivity index (χ4n) is 2.02. The topological polar surface area (TPSA) is 39.2 Å². The van der Waals surface area contributed by atoms with Crippen LogP contribution >= 0.6 is 11.3 Å². The number of nitrogens with zero attached hydrogens (tertiary/aromatic N) is 1. The van der Waals surface area contributed by atoms with Gasteiger partial charge in [0.1, 0.15) is 5.75 Å². The summed E-state index contributed by atoms with van der Waals surface area (Å²) < 4.78 is 6.53. The van der Waals surface area contributed by atoms with Gasteiger partial charge in [-0.25, -0.2) is 4.98 Å². The molecule has 0 unspecified atom stereocenters. The minimum atomic E-state index is -0.0877. The maximum Gasteiger partial charge on any atom is 0.225 e. The van der Waals surface area contributed by atoms with Gasteiger partial charge in [0.15, 0.2) is 5.01 Å². The molecule has 0 saturated heterocycles. The average molecular weight is 283 g/mol. The molecule has 0 atom stereocenters. The highest BCUT2D eigenvalue weighted by Crippen LogP contribution is 2.27. The zero-order chi connectivity index (χ0) is 13.9. The van der Waals surface area contributed by atoms with Crippen LogP contribution in [0.1, 0.15) is 22.3 Å². The summed E-state index contributed by atoms with van der Waals surface area (Å²) >= 11 is 1.41. The molecule has 0 spiro atoms. The Morgan fingerprint density at radius 2 is 1.90 bits per heavy atom. The summed E-state index contributed by atoms with van der Waals surface area (Å²) in [6.45, 7) is 2.43. The summed E-state index contributed by atoms with van der Waals surface area (Å²) in [5.41, 5.74) is 1.42. The minimum Gasteiger partial charge on any atom is -0.493 e. The second-order valence-electron chi connectivity index (χ2n) is 4.25. The van der Waals surface area contributed by atoms with E-state index in [1.165, 1.54) is 11.3 Å². The van der Waals surface area contributed by atoms with Gasteiger partial charge >= 0.3 is 0 Å². The van der Waals surface area contributed by atoms with Gasteiger partial charge in [-0.2, -0.15) is 0 Å². The lowest BCUT2D eigenvalue weighted by molar-refractivity contribution is 0.103. The van der Waals surface area contributed by atoms with Crippen molar-refractivity contribution in [2.45, 2.75) is 6.92 Å². The SMILES string of the molecule is CCOc1ccccc1C(=O)c1nc2ccccc2s1. The molecule has 3 rings (SSSR count). The lowest BCUT2D eigenvalue weighted by Crippen LogP contribution is -2.04. The van der Waals surface area contributed by atoms with Gasteiger partial charge in [0.2, 0.25) is 5.78 Å². The lowest BCUT2D eigenvalue weighted by Gasteiger charge is -2.07. The van der Waals surface area contributed by atoms with Gasteiger partial charge in [-0.05, 0) is 31.2 Å². The molecule has 0 saturated carbocycles. The first kappa shape index (κ1) is 12.8. The number of rotatable bonds is 4. The molecule has 0 N–H and O–H groups in total. The first-order chi connectivity index (χ1) is 9.79. The van der Waals surface area contributed by atoms with E-state index < -0.39 is 0 Å². The van der Waals surface area contributed by atoms with Crippen molar-refractivity contribution in [2.75, 3.05) is 6.61 Å². The molecular weight excluding hydrogens is 270 g/mol. The van der Waals surface area contributed by atoms with E-state index in [2.05, 4.69) is 4.98 Å². The minimum absolute atomic E-state index is 0.0877. The van der Waals surface area contributed by atoms with Crippen molar-refractivity contribution in [3.8, 4) is 5.75 Å². The molecule has 0 amide bonds. The molecule has 2 aromatic carbocycles. The van der Waals surface area contributed by atoms with E-state index in [0.717, 1.165) is 10.2 Å². The maximum absolute atomic E-state index is 12.6. The van der Waals surface area contributed by atoms with Gasteiger partial charge in [-0.15, -0.1) is 11.3 Å². The molecule has 0 aliphatic carbocycles. The van der Waals surface area contributed by atoms with Crippen molar-refractivity contribution in [3.05, 3.63) is 59.1 Å². The fourth-order valence-corrected chi connectivity index (χ4v) is 2.94. The molecular formula is C16H13NO2S. The third-order valence-corrected chi connectivity index (χ3v) is 3.95. The molecule has 20 heavy (non-hydrogen) atoms. The Morgan fingerprint density at radius 1 is 1.15 bits per heavy atom. The largest absolute Gasteiger partial charge is 0.493 e. The number of thiazole rings is 1. The molecule has 3 nitrogen and oxygen atoms in total. The van der Waals surface area contributed by atoms with E-state index in [9.17, 15) is 4.79 Å². The summed E-state index contributed by atoms with van der Waals surface area (Å²) in [4.78, 5) is 17.0. The van der Waals surface area contributed by atoms with Crippen LogP contribution in [0.15, 0.2) is 48.5 Å². The lowest BCUT2D eigenvalue weighted by atomic mass is 10.1. The molecule has 0 aliphatic heterocycles. The van der Waals surface area contributed by atoms with Crippen LogP contribution in [0.5, 0.6) is 5.75 Å². The average Bonchev–Trinajstić information content (AvgIpc) is 2.91. The number of para-hydroxylation sites is 2. The van der Waals surface area contributed by atoms with Crippen LogP contribution in [0.25, 0.3) is 10.2 Å². The molecule has 0 radical (unpaired) electrons.